The predicted octanol–water partition coefficient (Wildman–Crippen LogP) is 2.85. The van der Waals surface area contributed by atoms with Gasteiger partial charge in [0.15, 0.2) is 5.69 Å². The number of hydrogen-bond acceptors (Lipinski definition) is 2. The Bertz CT molecular complexity index is 512. The molecule has 2 heterocycles. The Morgan fingerprint density at radius 1 is 1.62 bits per heavy atom. The maximum absolute atomic E-state index is 8.72. The standard InChI is InChI=1S/C8H3BrClN3/c9-6-5(3-11)13-8-4(7(6)10)1-2-12-8/h1-2H,(H,12,13). The number of H-pyrrole nitrogens is 1. The number of nitrogens with one attached hydrogen (secondary N) is 1. The molecule has 5 heteroatoms. The van der Waals surface area contributed by atoms with Crippen molar-refractivity contribution in [1.82, 2.24) is 9.97 Å². The monoisotopic (exact) mass is 255 g/mol. The number of nitrogens with zero attached hydrogens (tertiary/aromatic N) is 2. The van der Waals surface area contributed by atoms with Gasteiger partial charge in [-0.2, -0.15) is 5.26 Å². The summed E-state index contributed by atoms with van der Waals surface area (Å²) in [6.45, 7) is 0. The molecule has 0 fully saturated rings. The number of pyridine rings is 1. The van der Waals surface area contributed by atoms with Crippen LogP contribution in [0.1, 0.15) is 5.69 Å². The zero-order valence-electron chi connectivity index (χ0n) is 6.31. The second-order valence-electron chi connectivity index (χ2n) is 2.44. The van der Waals surface area contributed by atoms with Crippen LogP contribution in [0.5, 0.6) is 0 Å². The van der Waals surface area contributed by atoms with Crippen LogP contribution in [0.3, 0.4) is 0 Å². The molecule has 0 saturated carbocycles. The molecule has 0 spiro atoms. The molecule has 0 aliphatic heterocycles. The molecule has 0 aromatic carbocycles. The molecule has 2 aromatic rings. The minimum atomic E-state index is 0.292. The van der Waals surface area contributed by atoms with Crippen molar-refractivity contribution < 1.29 is 0 Å². The third-order valence-electron chi connectivity index (χ3n) is 1.69. The van der Waals surface area contributed by atoms with Crippen molar-refractivity contribution in [2.45, 2.75) is 0 Å². The van der Waals surface area contributed by atoms with Crippen molar-refractivity contribution in [3.63, 3.8) is 0 Å². The lowest BCUT2D eigenvalue weighted by atomic mass is 10.3. The molecule has 2 aromatic heterocycles. The van der Waals surface area contributed by atoms with Gasteiger partial charge in [-0.1, -0.05) is 11.6 Å². The fourth-order valence-electron chi connectivity index (χ4n) is 1.09. The molecule has 2 rings (SSSR count). The van der Waals surface area contributed by atoms with Crippen molar-refractivity contribution in [3.05, 3.63) is 27.5 Å². The van der Waals surface area contributed by atoms with Gasteiger partial charge >= 0.3 is 0 Å². The summed E-state index contributed by atoms with van der Waals surface area (Å²) in [5, 5.41) is 10.1. The van der Waals surface area contributed by atoms with E-state index in [1.54, 1.807) is 6.20 Å². The van der Waals surface area contributed by atoms with E-state index in [4.69, 9.17) is 16.9 Å². The lowest BCUT2D eigenvalue weighted by Gasteiger charge is -1.98. The maximum atomic E-state index is 8.72. The first-order chi connectivity index (χ1) is 6.24. The van der Waals surface area contributed by atoms with Crippen molar-refractivity contribution in [3.8, 4) is 6.07 Å². The van der Waals surface area contributed by atoms with Crippen LogP contribution in [-0.2, 0) is 0 Å². The van der Waals surface area contributed by atoms with Crippen molar-refractivity contribution in [2.24, 2.45) is 0 Å². The van der Waals surface area contributed by atoms with Crippen LogP contribution in [0, 0.1) is 11.3 Å². The first-order valence-electron chi connectivity index (χ1n) is 3.46. The van der Waals surface area contributed by atoms with Crippen molar-refractivity contribution in [1.29, 1.82) is 5.26 Å². The number of rotatable bonds is 0. The van der Waals surface area contributed by atoms with E-state index in [1.807, 2.05) is 12.1 Å². The van der Waals surface area contributed by atoms with Crippen LogP contribution in [0.4, 0.5) is 0 Å². The van der Waals surface area contributed by atoms with E-state index in [2.05, 4.69) is 25.9 Å². The minimum absolute atomic E-state index is 0.292. The Balaban J connectivity index is 2.94. The van der Waals surface area contributed by atoms with Gasteiger partial charge in [-0.3, -0.25) is 0 Å². The number of fused-ring (bicyclic) bond motifs is 1. The fourth-order valence-corrected chi connectivity index (χ4v) is 1.72. The van der Waals surface area contributed by atoms with E-state index in [9.17, 15) is 0 Å². The molecular formula is C8H3BrClN3. The Kier molecular flexibility index (Phi) is 1.98. The van der Waals surface area contributed by atoms with Crippen LogP contribution < -0.4 is 0 Å². The number of nitriles is 1. The molecule has 0 saturated heterocycles. The molecule has 13 heavy (non-hydrogen) atoms. The molecule has 0 bridgehead atoms. The van der Waals surface area contributed by atoms with E-state index < -0.39 is 0 Å². The summed E-state index contributed by atoms with van der Waals surface area (Å²) < 4.78 is 0.545. The average molecular weight is 256 g/mol. The van der Waals surface area contributed by atoms with Crippen LogP contribution in [0.2, 0.25) is 5.02 Å². The van der Waals surface area contributed by atoms with Gasteiger partial charge in [0, 0.05) is 11.6 Å². The summed E-state index contributed by atoms with van der Waals surface area (Å²) in [5.41, 5.74) is 0.921. The SMILES string of the molecule is N#Cc1nc2[nH]ccc2c(Cl)c1Br. The topological polar surface area (TPSA) is 52.5 Å². The molecule has 0 atom stereocenters. The average Bonchev–Trinajstić information content (AvgIpc) is 2.59. The Morgan fingerprint density at radius 2 is 2.38 bits per heavy atom. The van der Waals surface area contributed by atoms with Gasteiger partial charge in [0.1, 0.15) is 11.7 Å². The fraction of sp³-hybridized carbons (Fsp3) is 0. The number of halogens is 2. The van der Waals surface area contributed by atoms with Gasteiger partial charge in [0.25, 0.3) is 0 Å². The van der Waals surface area contributed by atoms with E-state index in [0.717, 1.165) is 5.39 Å². The van der Waals surface area contributed by atoms with Gasteiger partial charge in [-0.15, -0.1) is 0 Å². The smallest absolute Gasteiger partial charge is 0.158 e. The van der Waals surface area contributed by atoms with E-state index in [-0.39, 0.29) is 0 Å². The second-order valence-corrected chi connectivity index (χ2v) is 3.61. The van der Waals surface area contributed by atoms with Crippen molar-refractivity contribution in [2.75, 3.05) is 0 Å². The maximum Gasteiger partial charge on any atom is 0.158 e. The molecule has 0 unspecified atom stereocenters. The van der Waals surface area contributed by atoms with Crippen LogP contribution >= 0.6 is 27.5 Å². The van der Waals surface area contributed by atoms with Crippen molar-refractivity contribution >= 4 is 38.6 Å². The Labute approximate surface area is 87.5 Å². The molecule has 0 radical (unpaired) electrons. The largest absolute Gasteiger partial charge is 0.346 e. The summed E-state index contributed by atoms with van der Waals surface area (Å²) in [7, 11) is 0. The summed E-state index contributed by atoms with van der Waals surface area (Å²) in [5.74, 6) is 0. The highest BCUT2D eigenvalue weighted by atomic mass is 79.9. The first-order valence-corrected chi connectivity index (χ1v) is 4.63. The third-order valence-corrected chi connectivity index (χ3v) is 3.08. The molecular weight excluding hydrogens is 253 g/mol. The lowest BCUT2D eigenvalue weighted by Crippen LogP contribution is -1.87. The normalized spacial score (nSPS) is 10.2. The highest BCUT2D eigenvalue weighted by Gasteiger charge is 2.11. The van der Waals surface area contributed by atoms with Crippen LogP contribution in [-0.4, -0.2) is 9.97 Å². The first kappa shape index (κ1) is 8.54. The zero-order valence-corrected chi connectivity index (χ0v) is 8.65. The van der Waals surface area contributed by atoms with Gasteiger partial charge in [-0.25, -0.2) is 4.98 Å². The van der Waals surface area contributed by atoms with Crippen LogP contribution in [0.25, 0.3) is 11.0 Å². The highest BCUT2D eigenvalue weighted by Crippen LogP contribution is 2.31. The zero-order chi connectivity index (χ0) is 9.42. The predicted molar refractivity (Wildman–Crippen MR) is 53.5 cm³/mol. The Hall–Kier alpha value is -1.05. The molecule has 1 N–H and O–H groups in total. The lowest BCUT2D eigenvalue weighted by molar-refractivity contribution is 1.26. The molecule has 0 aliphatic rings. The van der Waals surface area contributed by atoms with Gasteiger partial charge in [0.05, 0.1) is 9.50 Å². The summed E-state index contributed by atoms with van der Waals surface area (Å²) in [6.07, 6.45) is 1.73. The van der Waals surface area contributed by atoms with Gasteiger partial charge < -0.3 is 4.98 Å². The summed E-state index contributed by atoms with van der Waals surface area (Å²) in [4.78, 5) is 6.96. The molecule has 64 valence electrons. The number of aromatic nitrogens is 2. The second kappa shape index (κ2) is 3.02. The van der Waals surface area contributed by atoms with E-state index in [1.165, 1.54) is 0 Å². The number of hydrogen-bond donors (Lipinski definition) is 1. The molecule has 0 amide bonds. The van der Waals surface area contributed by atoms with Gasteiger partial charge in [0.2, 0.25) is 0 Å². The minimum Gasteiger partial charge on any atom is -0.346 e. The van der Waals surface area contributed by atoms with Crippen LogP contribution in [0.15, 0.2) is 16.7 Å². The molecule has 0 aliphatic carbocycles. The third kappa shape index (κ3) is 1.21. The Morgan fingerprint density at radius 3 is 3.08 bits per heavy atom. The summed E-state index contributed by atoms with van der Waals surface area (Å²) in [6, 6.07) is 3.77. The highest BCUT2D eigenvalue weighted by molar-refractivity contribution is 9.10. The summed E-state index contributed by atoms with van der Waals surface area (Å²) >= 11 is 9.21. The van der Waals surface area contributed by atoms with E-state index >= 15 is 0 Å². The van der Waals surface area contributed by atoms with Gasteiger partial charge in [-0.05, 0) is 22.0 Å². The number of aromatic amines is 1. The molecule has 3 nitrogen and oxygen atoms in total. The quantitative estimate of drug-likeness (QED) is 0.788. The van der Waals surface area contributed by atoms with E-state index in [0.29, 0.717) is 20.8 Å².